The van der Waals surface area contributed by atoms with E-state index in [1.54, 1.807) is 0 Å². The third kappa shape index (κ3) is 9.36. The van der Waals surface area contributed by atoms with Crippen LogP contribution in [0.5, 0.6) is 0 Å². The molecule has 12 nitrogen and oxygen atoms in total. The van der Waals surface area contributed by atoms with E-state index in [1.807, 2.05) is 0 Å². The molecule has 0 fully saturated rings. The molecule has 23 heavy (non-hydrogen) atoms. The molecule has 0 aliphatic heterocycles. The molecule has 0 heterocycles. The van der Waals surface area contributed by atoms with E-state index >= 15 is 0 Å². The SMILES string of the molecule is N.N.NCC(CC(=O)O)C(CC(=O)O)(CC(=O)O)NCC(=O)O. The van der Waals surface area contributed by atoms with Gasteiger partial charge in [-0.15, -0.1) is 0 Å². The molecule has 1 unspecified atom stereocenters. The van der Waals surface area contributed by atoms with Crippen molar-refractivity contribution in [2.75, 3.05) is 13.1 Å². The highest BCUT2D eigenvalue weighted by molar-refractivity contribution is 5.75. The van der Waals surface area contributed by atoms with Crippen molar-refractivity contribution in [2.24, 2.45) is 11.7 Å². The van der Waals surface area contributed by atoms with E-state index in [1.165, 1.54) is 0 Å². The molecule has 0 saturated heterocycles. The van der Waals surface area contributed by atoms with Crippen molar-refractivity contribution in [1.29, 1.82) is 0 Å². The van der Waals surface area contributed by atoms with Crippen LogP contribution in [-0.2, 0) is 19.2 Å². The maximum atomic E-state index is 11.0. The van der Waals surface area contributed by atoms with Gasteiger partial charge in [0.15, 0.2) is 0 Å². The van der Waals surface area contributed by atoms with Gasteiger partial charge in [0.25, 0.3) is 0 Å². The Balaban J connectivity index is -0.00000200. The molecule has 0 aromatic carbocycles. The lowest BCUT2D eigenvalue weighted by atomic mass is 9.76. The lowest BCUT2D eigenvalue weighted by Crippen LogP contribution is -2.57. The lowest BCUT2D eigenvalue weighted by molar-refractivity contribution is -0.147. The zero-order valence-electron chi connectivity index (χ0n) is 12.5. The summed E-state index contributed by atoms with van der Waals surface area (Å²) in [7, 11) is 0. The van der Waals surface area contributed by atoms with Gasteiger partial charge in [0.05, 0.1) is 25.8 Å². The number of aliphatic carboxylic acids is 4. The number of carboxylic acids is 4. The minimum absolute atomic E-state index is 0. The van der Waals surface area contributed by atoms with Crippen LogP contribution in [0.25, 0.3) is 0 Å². The minimum Gasteiger partial charge on any atom is -0.481 e. The number of nitrogens with two attached hydrogens (primary N) is 1. The smallest absolute Gasteiger partial charge is 0.317 e. The quantitative estimate of drug-likeness (QED) is 0.219. The Morgan fingerprint density at radius 2 is 1.30 bits per heavy atom. The fourth-order valence-electron chi connectivity index (χ4n) is 2.13. The van der Waals surface area contributed by atoms with Crippen LogP contribution in [0.1, 0.15) is 19.3 Å². The molecule has 136 valence electrons. The Kier molecular flexibility index (Phi) is 12.6. The first-order valence-corrected chi connectivity index (χ1v) is 5.95. The summed E-state index contributed by atoms with van der Waals surface area (Å²) in [6, 6.07) is 0. The van der Waals surface area contributed by atoms with E-state index in [-0.39, 0.29) is 18.8 Å². The van der Waals surface area contributed by atoms with Crippen LogP contribution in [-0.4, -0.2) is 62.9 Å². The summed E-state index contributed by atoms with van der Waals surface area (Å²) in [4.78, 5) is 43.4. The van der Waals surface area contributed by atoms with Crippen LogP contribution in [0.15, 0.2) is 0 Å². The Labute approximate surface area is 131 Å². The van der Waals surface area contributed by atoms with Gasteiger partial charge in [0.1, 0.15) is 0 Å². The predicted octanol–water partition coefficient (Wildman–Crippen LogP) is -1.28. The van der Waals surface area contributed by atoms with Crippen LogP contribution < -0.4 is 23.4 Å². The zero-order chi connectivity index (χ0) is 16.6. The Hall–Kier alpha value is -2.28. The van der Waals surface area contributed by atoms with Crippen molar-refractivity contribution in [3.05, 3.63) is 0 Å². The van der Waals surface area contributed by atoms with Gasteiger partial charge in [0, 0.05) is 11.5 Å². The minimum atomic E-state index is -1.76. The summed E-state index contributed by atoms with van der Waals surface area (Å²) >= 11 is 0. The summed E-state index contributed by atoms with van der Waals surface area (Å²) < 4.78 is 0. The van der Waals surface area contributed by atoms with Crippen molar-refractivity contribution in [3.63, 3.8) is 0 Å². The van der Waals surface area contributed by atoms with E-state index in [0.29, 0.717) is 0 Å². The fourth-order valence-corrected chi connectivity index (χ4v) is 2.13. The standard InChI is InChI=1S/C11H18N2O8.2H3N/c12-4-6(1-7(14)15)11(2-8(16)17,3-9(18)19)13-5-10(20)21;;/h6,13H,1-5,12H2,(H,14,15)(H,16,17)(H,18,19)(H,20,21);2*1H3. The molecular weight excluding hydrogens is 316 g/mol. The van der Waals surface area contributed by atoms with Crippen molar-refractivity contribution < 1.29 is 39.6 Å². The maximum Gasteiger partial charge on any atom is 0.317 e. The van der Waals surface area contributed by atoms with Gasteiger partial charge in [-0.05, 0) is 6.54 Å². The second-order valence-corrected chi connectivity index (χ2v) is 4.57. The molecule has 12 heteroatoms. The number of nitrogens with one attached hydrogen (secondary N) is 1. The number of carbonyl (C=O) groups is 4. The van der Waals surface area contributed by atoms with E-state index in [0.717, 1.165) is 0 Å². The molecule has 0 aromatic rings. The van der Waals surface area contributed by atoms with Crippen molar-refractivity contribution >= 4 is 23.9 Å². The van der Waals surface area contributed by atoms with Gasteiger partial charge >= 0.3 is 23.9 Å². The van der Waals surface area contributed by atoms with Gasteiger partial charge in [-0.2, -0.15) is 0 Å². The van der Waals surface area contributed by atoms with Crippen LogP contribution in [0.2, 0.25) is 0 Å². The summed E-state index contributed by atoms with van der Waals surface area (Å²) in [5.41, 5.74) is 3.67. The molecule has 1 atom stereocenters. The largest absolute Gasteiger partial charge is 0.481 e. The highest BCUT2D eigenvalue weighted by Crippen LogP contribution is 2.28. The molecule has 0 bridgehead atoms. The molecular formula is C11H24N4O8. The van der Waals surface area contributed by atoms with Gasteiger partial charge in [-0.3, -0.25) is 24.5 Å². The molecule has 0 aromatic heterocycles. The second kappa shape index (κ2) is 11.3. The number of hydrogen-bond acceptors (Lipinski definition) is 8. The second-order valence-electron chi connectivity index (χ2n) is 4.57. The molecule has 0 aliphatic rings. The van der Waals surface area contributed by atoms with Crippen molar-refractivity contribution in [3.8, 4) is 0 Å². The average molecular weight is 340 g/mol. The Bertz CT molecular complexity index is 412. The molecule has 0 rings (SSSR count). The average Bonchev–Trinajstić information content (AvgIpc) is 2.31. The number of carboxylic acid groups (broad SMARTS) is 4. The summed E-state index contributed by atoms with van der Waals surface area (Å²) in [5.74, 6) is -6.46. The van der Waals surface area contributed by atoms with E-state index in [4.69, 9.17) is 26.2 Å². The highest BCUT2D eigenvalue weighted by Gasteiger charge is 2.43. The maximum absolute atomic E-state index is 11.0. The van der Waals surface area contributed by atoms with Gasteiger partial charge < -0.3 is 38.5 Å². The van der Waals surface area contributed by atoms with E-state index in [2.05, 4.69) is 5.32 Å². The van der Waals surface area contributed by atoms with E-state index < -0.39 is 61.1 Å². The monoisotopic (exact) mass is 340 g/mol. The van der Waals surface area contributed by atoms with Gasteiger partial charge in [-0.1, -0.05) is 0 Å². The van der Waals surface area contributed by atoms with Crippen LogP contribution in [0.4, 0.5) is 0 Å². The molecule has 0 spiro atoms. The summed E-state index contributed by atoms with van der Waals surface area (Å²) in [5, 5.41) is 37.7. The first-order chi connectivity index (χ1) is 9.62. The van der Waals surface area contributed by atoms with Crippen molar-refractivity contribution in [1.82, 2.24) is 17.6 Å². The topological polar surface area (TPSA) is 257 Å². The highest BCUT2D eigenvalue weighted by atomic mass is 16.4. The third-order valence-electron chi connectivity index (χ3n) is 3.01. The van der Waals surface area contributed by atoms with Crippen molar-refractivity contribution in [2.45, 2.75) is 24.8 Å². The zero-order valence-corrected chi connectivity index (χ0v) is 12.5. The summed E-state index contributed by atoms with van der Waals surface area (Å²) in [6.07, 6.45) is -2.10. The molecule has 0 amide bonds. The van der Waals surface area contributed by atoms with Crippen LogP contribution >= 0.6 is 0 Å². The normalized spacial score (nSPS) is 11.5. The predicted molar refractivity (Wildman–Crippen MR) is 77.7 cm³/mol. The van der Waals surface area contributed by atoms with Gasteiger partial charge in [-0.25, -0.2) is 0 Å². The lowest BCUT2D eigenvalue weighted by Gasteiger charge is -2.38. The Morgan fingerprint density at radius 1 is 0.870 bits per heavy atom. The molecule has 13 N–H and O–H groups in total. The van der Waals surface area contributed by atoms with Gasteiger partial charge in [0.2, 0.25) is 0 Å². The molecule has 0 aliphatic carbocycles. The third-order valence-corrected chi connectivity index (χ3v) is 3.01. The number of hydrogen-bond donors (Lipinski definition) is 8. The van der Waals surface area contributed by atoms with Crippen LogP contribution in [0, 0.1) is 5.92 Å². The van der Waals surface area contributed by atoms with Crippen LogP contribution in [0.3, 0.4) is 0 Å². The molecule has 0 radical (unpaired) electrons. The summed E-state index contributed by atoms with van der Waals surface area (Å²) in [6.45, 7) is -1.02. The Morgan fingerprint density at radius 3 is 1.57 bits per heavy atom. The first-order valence-electron chi connectivity index (χ1n) is 5.95. The van der Waals surface area contributed by atoms with E-state index in [9.17, 15) is 19.2 Å². The molecule has 0 saturated carbocycles. The number of rotatable bonds is 11. The first kappa shape index (κ1) is 25.7. The fraction of sp³-hybridized carbons (Fsp3) is 0.636.